The summed E-state index contributed by atoms with van der Waals surface area (Å²) in [5.74, 6) is -0.541. The summed E-state index contributed by atoms with van der Waals surface area (Å²) in [5.41, 5.74) is 1.30. The van der Waals surface area contributed by atoms with Gasteiger partial charge in [0.25, 0.3) is 0 Å². The SMILES string of the molecule is CS(=O)(=O)c1cccc(NC(=O)CCc2ccc(F)cc2)c1. The van der Waals surface area contributed by atoms with Gasteiger partial charge < -0.3 is 5.32 Å². The molecule has 0 aliphatic rings. The highest BCUT2D eigenvalue weighted by Gasteiger charge is 2.09. The number of benzene rings is 2. The molecule has 2 aromatic rings. The van der Waals surface area contributed by atoms with Gasteiger partial charge in [-0.05, 0) is 42.3 Å². The molecule has 116 valence electrons. The van der Waals surface area contributed by atoms with Crippen LogP contribution in [-0.2, 0) is 21.1 Å². The van der Waals surface area contributed by atoms with Crippen LogP contribution in [0.5, 0.6) is 0 Å². The molecule has 2 aromatic carbocycles. The van der Waals surface area contributed by atoms with Gasteiger partial charge in [0.15, 0.2) is 9.84 Å². The van der Waals surface area contributed by atoms with Crippen LogP contribution >= 0.6 is 0 Å². The molecule has 0 fully saturated rings. The van der Waals surface area contributed by atoms with Crippen molar-refractivity contribution in [3.8, 4) is 0 Å². The van der Waals surface area contributed by atoms with Crippen molar-refractivity contribution < 1.29 is 17.6 Å². The van der Waals surface area contributed by atoms with Crippen LogP contribution in [0.15, 0.2) is 53.4 Å². The molecule has 0 heterocycles. The number of carbonyl (C=O) groups is 1. The summed E-state index contributed by atoms with van der Waals surface area (Å²) >= 11 is 0. The van der Waals surface area contributed by atoms with E-state index in [2.05, 4.69) is 5.32 Å². The highest BCUT2D eigenvalue weighted by molar-refractivity contribution is 7.90. The minimum absolute atomic E-state index is 0.156. The standard InChI is InChI=1S/C16H16FNO3S/c1-22(20,21)15-4-2-3-14(11-15)18-16(19)10-7-12-5-8-13(17)9-6-12/h2-6,8-9,11H,7,10H2,1H3,(H,18,19). The number of rotatable bonds is 5. The Hall–Kier alpha value is -2.21. The Morgan fingerprint density at radius 1 is 1.14 bits per heavy atom. The fourth-order valence-corrected chi connectivity index (χ4v) is 2.60. The Morgan fingerprint density at radius 2 is 1.82 bits per heavy atom. The molecule has 22 heavy (non-hydrogen) atoms. The number of sulfone groups is 1. The molecule has 0 bridgehead atoms. The molecule has 0 atom stereocenters. The normalized spacial score (nSPS) is 11.2. The molecular weight excluding hydrogens is 305 g/mol. The fourth-order valence-electron chi connectivity index (χ4n) is 1.94. The molecule has 0 aliphatic carbocycles. The van der Waals surface area contributed by atoms with E-state index in [1.54, 1.807) is 24.3 Å². The third kappa shape index (κ3) is 4.66. The summed E-state index contributed by atoms with van der Waals surface area (Å²) in [6.07, 6.45) is 1.83. The van der Waals surface area contributed by atoms with Gasteiger partial charge in [-0.1, -0.05) is 18.2 Å². The molecule has 0 aliphatic heterocycles. The molecule has 2 rings (SSSR count). The van der Waals surface area contributed by atoms with Gasteiger partial charge in [-0.25, -0.2) is 12.8 Å². The lowest BCUT2D eigenvalue weighted by atomic mass is 10.1. The largest absolute Gasteiger partial charge is 0.326 e. The maximum Gasteiger partial charge on any atom is 0.224 e. The van der Waals surface area contributed by atoms with E-state index in [9.17, 15) is 17.6 Å². The first-order valence-electron chi connectivity index (χ1n) is 6.69. The van der Waals surface area contributed by atoms with E-state index >= 15 is 0 Å². The molecule has 4 nitrogen and oxygen atoms in total. The van der Waals surface area contributed by atoms with E-state index in [1.807, 2.05) is 0 Å². The third-order valence-electron chi connectivity index (χ3n) is 3.10. The van der Waals surface area contributed by atoms with Crippen molar-refractivity contribution in [3.05, 3.63) is 59.9 Å². The Labute approximate surface area is 128 Å². The quantitative estimate of drug-likeness (QED) is 0.921. The average Bonchev–Trinajstić information content (AvgIpc) is 2.46. The number of anilines is 1. The van der Waals surface area contributed by atoms with Crippen molar-refractivity contribution in [2.24, 2.45) is 0 Å². The zero-order valence-electron chi connectivity index (χ0n) is 12.0. The van der Waals surface area contributed by atoms with E-state index in [0.717, 1.165) is 11.8 Å². The van der Waals surface area contributed by atoms with E-state index in [-0.39, 0.29) is 23.0 Å². The molecule has 0 spiro atoms. The molecule has 0 aromatic heterocycles. The first kappa shape index (κ1) is 16.2. The van der Waals surface area contributed by atoms with Gasteiger partial charge in [0.2, 0.25) is 5.91 Å². The van der Waals surface area contributed by atoms with Gasteiger partial charge in [-0.2, -0.15) is 0 Å². The van der Waals surface area contributed by atoms with Crippen LogP contribution in [0.3, 0.4) is 0 Å². The fraction of sp³-hybridized carbons (Fsp3) is 0.188. The van der Waals surface area contributed by atoms with Crippen molar-refractivity contribution in [1.82, 2.24) is 0 Å². The van der Waals surface area contributed by atoms with Crippen LogP contribution in [-0.4, -0.2) is 20.6 Å². The molecule has 1 N–H and O–H groups in total. The van der Waals surface area contributed by atoms with Gasteiger partial charge >= 0.3 is 0 Å². The van der Waals surface area contributed by atoms with Gasteiger partial charge in [0, 0.05) is 18.4 Å². The number of aryl methyl sites for hydroxylation is 1. The maximum absolute atomic E-state index is 12.8. The summed E-state index contributed by atoms with van der Waals surface area (Å²) in [4.78, 5) is 12.0. The van der Waals surface area contributed by atoms with Crippen molar-refractivity contribution in [2.75, 3.05) is 11.6 Å². The van der Waals surface area contributed by atoms with E-state index in [4.69, 9.17) is 0 Å². The number of hydrogen-bond donors (Lipinski definition) is 1. The number of halogens is 1. The van der Waals surface area contributed by atoms with Crippen LogP contribution in [0.25, 0.3) is 0 Å². The van der Waals surface area contributed by atoms with Gasteiger partial charge in [0.1, 0.15) is 5.82 Å². The highest BCUT2D eigenvalue weighted by Crippen LogP contribution is 2.16. The highest BCUT2D eigenvalue weighted by atomic mass is 32.2. The second-order valence-electron chi connectivity index (χ2n) is 4.97. The average molecular weight is 321 g/mol. The second-order valence-corrected chi connectivity index (χ2v) is 6.99. The topological polar surface area (TPSA) is 63.2 Å². The predicted octanol–water partition coefficient (Wildman–Crippen LogP) is 2.80. The van der Waals surface area contributed by atoms with Crippen molar-refractivity contribution in [3.63, 3.8) is 0 Å². The lowest BCUT2D eigenvalue weighted by Gasteiger charge is -2.07. The summed E-state index contributed by atoms with van der Waals surface area (Å²) in [7, 11) is -3.31. The lowest BCUT2D eigenvalue weighted by molar-refractivity contribution is -0.116. The van der Waals surface area contributed by atoms with Crippen LogP contribution in [0.2, 0.25) is 0 Å². The van der Waals surface area contributed by atoms with Crippen molar-refractivity contribution in [1.29, 1.82) is 0 Å². The molecule has 0 saturated heterocycles. The number of hydrogen-bond acceptors (Lipinski definition) is 3. The first-order valence-corrected chi connectivity index (χ1v) is 8.58. The minimum atomic E-state index is -3.31. The van der Waals surface area contributed by atoms with E-state index in [1.165, 1.54) is 24.3 Å². The number of nitrogens with one attached hydrogen (secondary N) is 1. The van der Waals surface area contributed by atoms with Gasteiger partial charge in [0.05, 0.1) is 4.90 Å². The van der Waals surface area contributed by atoms with Crippen LogP contribution < -0.4 is 5.32 Å². The molecule has 0 radical (unpaired) electrons. The zero-order chi connectivity index (χ0) is 16.2. The van der Waals surface area contributed by atoms with Crippen molar-refractivity contribution in [2.45, 2.75) is 17.7 Å². The summed E-state index contributed by atoms with van der Waals surface area (Å²) in [5, 5.41) is 2.66. The maximum atomic E-state index is 12.8. The summed E-state index contributed by atoms with van der Waals surface area (Å²) in [6.45, 7) is 0. The third-order valence-corrected chi connectivity index (χ3v) is 4.21. The lowest BCUT2D eigenvalue weighted by Crippen LogP contribution is -2.12. The monoisotopic (exact) mass is 321 g/mol. The molecule has 0 saturated carbocycles. The van der Waals surface area contributed by atoms with Gasteiger partial charge in [-0.15, -0.1) is 0 Å². The van der Waals surface area contributed by atoms with Gasteiger partial charge in [-0.3, -0.25) is 4.79 Å². The molecule has 0 unspecified atom stereocenters. The predicted molar refractivity (Wildman–Crippen MR) is 82.9 cm³/mol. The second kappa shape index (κ2) is 6.70. The number of carbonyl (C=O) groups excluding carboxylic acids is 1. The van der Waals surface area contributed by atoms with Crippen molar-refractivity contribution >= 4 is 21.4 Å². The van der Waals surface area contributed by atoms with Crippen LogP contribution in [0.1, 0.15) is 12.0 Å². The smallest absolute Gasteiger partial charge is 0.224 e. The summed E-state index contributed by atoms with van der Waals surface area (Å²) < 4.78 is 35.7. The number of amides is 1. The van der Waals surface area contributed by atoms with E-state index in [0.29, 0.717) is 12.1 Å². The first-order chi connectivity index (χ1) is 10.3. The Kier molecular flexibility index (Phi) is 4.92. The van der Waals surface area contributed by atoms with Crippen LogP contribution in [0, 0.1) is 5.82 Å². The minimum Gasteiger partial charge on any atom is -0.326 e. The molecular formula is C16H16FNO3S. The summed E-state index contributed by atoms with van der Waals surface area (Å²) in [6, 6.07) is 12.1. The van der Waals surface area contributed by atoms with E-state index < -0.39 is 9.84 Å². The Morgan fingerprint density at radius 3 is 2.45 bits per heavy atom. The Balaban J connectivity index is 1.96. The Bertz CT molecular complexity index is 770. The molecule has 1 amide bonds. The zero-order valence-corrected chi connectivity index (χ0v) is 12.9. The molecule has 6 heteroatoms. The van der Waals surface area contributed by atoms with Crippen LogP contribution in [0.4, 0.5) is 10.1 Å².